The van der Waals surface area contributed by atoms with E-state index in [9.17, 15) is 0 Å². The highest BCUT2D eigenvalue weighted by atomic mass is 32.1. The number of aliphatic imine (C=N–C) groups is 1. The molecule has 0 saturated carbocycles. The first-order valence-corrected chi connectivity index (χ1v) is 10.1. The Balaban J connectivity index is 1.84. The summed E-state index contributed by atoms with van der Waals surface area (Å²) < 4.78 is 6.47. The second-order valence-corrected chi connectivity index (χ2v) is 9.01. The summed E-state index contributed by atoms with van der Waals surface area (Å²) >= 11 is 1.99. The molecule has 3 rings (SSSR count). The van der Waals surface area contributed by atoms with E-state index in [1.807, 2.05) is 17.6 Å². The Hall–Kier alpha value is -1.17. The van der Waals surface area contributed by atoms with Crippen LogP contribution >= 0.6 is 11.3 Å². The van der Waals surface area contributed by atoms with Crippen molar-refractivity contribution >= 4 is 17.6 Å². The first kappa shape index (κ1) is 18.6. The number of piperidine rings is 1. The average molecular weight is 362 g/mol. The number of aryl methyl sites for hydroxylation is 1. The van der Waals surface area contributed by atoms with Gasteiger partial charge < -0.3 is 10.5 Å². The summed E-state index contributed by atoms with van der Waals surface area (Å²) in [4.78, 5) is 9.68. The first-order valence-electron chi connectivity index (χ1n) is 9.28. The number of hydrogen-bond acceptors (Lipinski definition) is 5. The van der Waals surface area contributed by atoms with Crippen molar-refractivity contribution in [2.75, 3.05) is 26.7 Å². The quantitative estimate of drug-likeness (QED) is 0.835. The van der Waals surface area contributed by atoms with Gasteiger partial charge in [0.05, 0.1) is 12.2 Å². The predicted octanol–water partition coefficient (Wildman–Crippen LogP) is 3.50. The van der Waals surface area contributed by atoms with E-state index in [2.05, 4.69) is 36.7 Å². The third-order valence-electron chi connectivity index (χ3n) is 5.65. The molecule has 4 nitrogen and oxygen atoms in total. The zero-order valence-corrected chi connectivity index (χ0v) is 16.8. The fourth-order valence-corrected chi connectivity index (χ4v) is 5.51. The standard InChI is InChI=1S/C20H31N3OS/c1-5-16-10-17-18(25-16)6-9-24-20(17)7-8-23(19(2,3)14-20)13-15(11-21)12-22-4/h10-12H,5-9,13-14,21H2,1-4H3/b15-11+,22-12?. The summed E-state index contributed by atoms with van der Waals surface area (Å²) in [6.45, 7) is 9.61. The van der Waals surface area contributed by atoms with E-state index in [0.29, 0.717) is 0 Å². The van der Waals surface area contributed by atoms with Gasteiger partial charge in [-0.25, -0.2) is 0 Å². The fraction of sp³-hybridized carbons (Fsp3) is 0.650. The van der Waals surface area contributed by atoms with Gasteiger partial charge in [0.2, 0.25) is 0 Å². The molecule has 0 aliphatic carbocycles. The van der Waals surface area contributed by atoms with E-state index in [1.54, 1.807) is 18.1 Å². The lowest BCUT2D eigenvalue weighted by molar-refractivity contribution is -0.130. The maximum Gasteiger partial charge on any atom is 0.0971 e. The first-order chi connectivity index (χ1) is 11.9. The Morgan fingerprint density at radius 1 is 1.48 bits per heavy atom. The van der Waals surface area contributed by atoms with Crippen LogP contribution in [0.4, 0.5) is 0 Å². The van der Waals surface area contributed by atoms with Crippen LogP contribution in [-0.2, 0) is 23.2 Å². The maximum absolute atomic E-state index is 6.47. The van der Waals surface area contributed by atoms with Crippen LogP contribution in [0.1, 0.15) is 48.9 Å². The number of fused-ring (bicyclic) bond motifs is 2. The monoisotopic (exact) mass is 361 g/mol. The highest BCUT2D eigenvalue weighted by molar-refractivity contribution is 7.12. The maximum atomic E-state index is 6.47. The SMILES string of the molecule is CCc1cc2c(s1)CCOC21CCN(C/C(C=NC)=C/N)C(C)(C)C1. The normalized spacial score (nSPS) is 27.1. The van der Waals surface area contributed by atoms with Gasteiger partial charge in [0.1, 0.15) is 0 Å². The summed E-state index contributed by atoms with van der Waals surface area (Å²) in [6, 6.07) is 2.42. The van der Waals surface area contributed by atoms with Crippen LogP contribution in [0.15, 0.2) is 22.8 Å². The highest BCUT2D eigenvalue weighted by Crippen LogP contribution is 2.49. The number of nitrogens with two attached hydrogens (primary N) is 1. The molecule has 1 aromatic heterocycles. The largest absolute Gasteiger partial charge is 0.404 e. The molecule has 0 bridgehead atoms. The summed E-state index contributed by atoms with van der Waals surface area (Å²) in [5.41, 5.74) is 8.26. The van der Waals surface area contributed by atoms with Crippen LogP contribution in [0.5, 0.6) is 0 Å². The van der Waals surface area contributed by atoms with Gasteiger partial charge in [-0.1, -0.05) is 6.92 Å². The molecule has 2 aliphatic heterocycles. The van der Waals surface area contributed by atoms with Crippen LogP contribution in [-0.4, -0.2) is 43.4 Å². The molecule has 0 amide bonds. The lowest BCUT2D eigenvalue weighted by Crippen LogP contribution is -2.57. The molecule has 3 heterocycles. The van der Waals surface area contributed by atoms with Gasteiger partial charge in [-0.2, -0.15) is 0 Å². The Kier molecular flexibility index (Phi) is 5.37. The van der Waals surface area contributed by atoms with Crippen LogP contribution in [0, 0.1) is 0 Å². The minimum Gasteiger partial charge on any atom is -0.404 e. The molecule has 1 atom stereocenters. The Morgan fingerprint density at radius 2 is 2.28 bits per heavy atom. The molecule has 25 heavy (non-hydrogen) atoms. The van der Waals surface area contributed by atoms with E-state index < -0.39 is 0 Å². The Morgan fingerprint density at radius 3 is 2.92 bits per heavy atom. The molecular formula is C20H31N3OS. The van der Waals surface area contributed by atoms with Crippen LogP contribution in [0.25, 0.3) is 0 Å². The van der Waals surface area contributed by atoms with Crippen molar-refractivity contribution in [3.8, 4) is 0 Å². The van der Waals surface area contributed by atoms with E-state index in [4.69, 9.17) is 10.5 Å². The van der Waals surface area contributed by atoms with E-state index in [-0.39, 0.29) is 11.1 Å². The fourth-order valence-electron chi connectivity index (χ4n) is 4.33. The van der Waals surface area contributed by atoms with Crippen molar-refractivity contribution in [1.29, 1.82) is 0 Å². The summed E-state index contributed by atoms with van der Waals surface area (Å²) in [6.07, 6.45) is 7.79. The number of ether oxygens (including phenoxy) is 1. The smallest absolute Gasteiger partial charge is 0.0971 e. The molecule has 1 saturated heterocycles. The number of likely N-dealkylation sites (tertiary alicyclic amines) is 1. The molecule has 0 aromatic carbocycles. The van der Waals surface area contributed by atoms with E-state index >= 15 is 0 Å². The van der Waals surface area contributed by atoms with Gasteiger partial charge in [-0.05, 0) is 56.5 Å². The van der Waals surface area contributed by atoms with Gasteiger partial charge in [0.15, 0.2) is 0 Å². The van der Waals surface area contributed by atoms with Crippen molar-refractivity contribution in [3.63, 3.8) is 0 Å². The van der Waals surface area contributed by atoms with Crippen molar-refractivity contribution in [3.05, 3.63) is 33.2 Å². The van der Waals surface area contributed by atoms with Crippen LogP contribution in [0.2, 0.25) is 0 Å². The third kappa shape index (κ3) is 3.55. The summed E-state index contributed by atoms with van der Waals surface area (Å²) in [7, 11) is 1.79. The highest BCUT2D eigenvalue weighted by Gasteiger charge is 2.48. The number of hydrogen-bond donors (Lipinski definition) is 1. The molecule has 0 radical (unpaired) electrons. The van der Waals surface area contributed by atoms with E-state index in [1.165, 1.54) is 10.4 Å². The molecule has 5 heteroatoms. The van der Waals surface area contributed by atoms with Crippen LogP contribution in [0.3, 0.4) is 0 Å². The molecule has 2 aliphatic rings. The number of thiophene rings is 1. The molecular weight excluding hydrogens is 330 g/mol. The van der Waals surface area contributed by atoms with Gasteiger partial charge in [0, 0.05) is 48.1 Å². The molecule has 1 fully saturated rings. The third-order valence-corrected chi connectivity index (χ3v) is 6.99. The minimum atomic E-state index is -0.108. The van der Waals surface area contributed by atoms with Crippen molar-refractivity contribution in [1.82, 2.24) is 4.90 Å². The number of nitrogens with zero attached hydrogens (tertiary/aromatic N) is 2. The Bertz CT molecular complexity index is 676. The zero-order chi connectivity index (χ0) is 18.1. The lowest BCUT2D eigenvalue weighted by Gasteiger charge is -2.52. The van der Waals surface area contributed by atoms with Crippen molar-refractivity contribution in [2.45, 2.75) is 57.6 Å². The summed E-state index contributed by atoms with van der Waals surface area (Å²) in [5.74, 6) is 0. The zero-order valence-electron chi connectivity index (χ0n) is 16.0. The van der Waals surface area contributed by atoms with Gasteiger partial charge in [-0.15, -0.1) is 11.3 Å². The Labute approximate surface area is 155 Å². The predicted molar refractivity (Wildman–Crippen MR) is 107 cm³/mol. The van der Waals surface area contributed by atoms with Gasteiger partial charge in [0.25, 0.3) is 0 Å². The summed E-state index contributed by atoms with van der Waals surface area (Å²) in [5, 5.41) is 0. The van der Waals surface area contributed by atoms with Crippen molar-refractivity contribution < 1.29 is 4.74 Å². The minimum absolute atomic E-state index is 0.0526. The van der Waals surface area contributed by atoms with Crippen LogP contribution < -0.4 is 5.73 Å². The lowest BCUT2D eigenvalue weighted by atomic mass is 9.74. The number of rotatable bonds is 4. The molecule has 2 N–H and O–H groups in total. The van der Waals surface area contributed by atoms with Crippen molar-refractivity contribution in [2.24, 2.45) is 10.7 Å². The molecule has 138 valence electrons. The topological polar surface area (TPSA) is 50.8 Å². The molecule has 1 aromatic rings. The second-order valence-electron chi connectivity index (χ2n) is 7.79. The van der Waals surface area contributed by atoms with Gasteiger partial charge in [-0.3, -0.25) is 9.89 Å². The molecule has 1 unspecified atom stereocenters. The average Bonchev–Trinajstić information content (AvgIpc) is 3.01. The van der Waals surface area contributed by atoms with E-state index in [0.717, 1.165) is 51.0 Å². The second kappa shape index (κ2) is 7.22. The molecule has 1 spiro atoms. The van der Waals surface area contributed by atoms with Gasteiger partial charge >= 0.3 is 0 Å².